The molecule has 1 N–H and O–H groups in total. The smallest absolute Gasteiger partial charge is 0.350 e. The summed E-state index contributed by atoms with van der Waals surface area (Å²) in [5, 5.41) is 4.01. The van der Waals surface area contributed by atoms with E-state index in [1.54, 1.807) is 0 Å². The molecule has 0 fully saturated rings. The van der Waals surface area contributed by atoms with E-state index in [4.69, 9.17) is 0 Å². The van der Waals surface area contributed by atoms with E-state index >= 15 is 0 Å². The number of esters is 1. The molecule has 0 radical (unpaired) electrons. The Balaban J connectivity index is 2.59. The number of anilines is 1. The minimum Gasteiger partial charge on any atom is -0.465 e. The third kappa shape index (κ3) is 3.48. The second kappa shape index (κ2) is 5.84. The topological polar surface area (TPSA) is 51.2 Å². The maximum absolute atomic E-state index is 11.4. The second-order valence-corrected chi connectivity index (χ2v) is 5.03. The summed E-state index contributed by atoms with van der Waals surface area (Å²) in [5.41, 5.74) is 0.726. The van der Waals surface area contributed by atoms with Crippen molar-refractivity contribution in [3.8, 4) is 0 Å². The Bertz CT molecular complexity index is 361. The number of thiazole rings is 1. The number of aryl methyl sites for hydroxylation is 1. The quantitative estimate of drug-likeness (QED) is 0.807. The summed E-state index contributed by atoms with van der Waals surface area (Å²) in [7, 11) is 1.38. The molecule has 0 amide bonds. The van der Waals surface area contributed by atoms with Crippen molar-refractivity contribution in [1.29, 1.82) is 0 Å². The van der Waals surface area contributed by atoms with Crippen LogP contribution in [-0.4, -0.2) is 24.6 Å². The third-order valence-corrected chi connectivity index (χ3v) is 3.26. The van der Waals surface area contributed by atoms with Crippen molar-refractivity contribution in [3.05, 3.63) is 10.6 Å². The van der Waals surface area contributed by atoms with Crippen LogP contribution in [0.3, 0.4) is 0 Å². The number of ether oxygens (including phenoxy) is 1. The standard InChI is InChI=1S/C11H18N2O2S/c1-7(2)5-6-12-11-13-8(3)9(16-11)10(14)15-4/h7H,5-6H2,1-4H3,(H,12,13). The Hall–Kier alpha value is -1.10. The van der Waals surface area contributed by atoms with Crippen LogP contribution in [0.2, 0.25) is 0 Å². The van der Waals surface area contributed by atoms with Crippen molar-refractivity contribution in [2.75, 3.05) is 19.0 Å². The molecular weight excluding hydrogens is 224 g/mol. The molecule has 0 atom stereocenters. The molecule has 1 rings (SSSR count). The van der Waals surface area contributed by atoms with Gasteiger partial charge < -0.3 is 10.1 Å². The largest absolute Gasteiger partial charge is 0.465 e. The van der Waals surface area contributed by atoms with Crippen LogP contribution < -0.4 is 5.32 Å². The molecule has 16 heavy (non-hydrogen) atoms. The first-order valence-electron chi connectivity index (χ1n) is 5.34. The van der Waals surface area contributed by atoms with Gasteiger partial charge >= 0.3 is 5.97 Å². The van der Waals surface area contributed by atoms with Gasteiger partial charge in [-0.05, 0) is 19.3 Å². The van der Waals surface area contributed by atoms with Gasteiger partial charge in [0.25, 0.3) is 0 Å². The summed E-state index contributed by atoms with van der Waals surface area (Å²) in [4.78, 5) is 16.2. The Labute approximate surface area is 100 Å². The molecular formula is C11H18N2O2S. The van der Waals surface area contributed by atoms with Gasteiger partial charge in [-0.1, -0.05) is 25.2 Å². The van der Waals surface area contributed by atoms with Gasteiger partial charge in [0.2, 0.25) is 0 Å². The number of carbonyl (C=O) groups is 1. The van der Waals surface area contributed by atoms with Gasteiger partial charge in [0.05, 0.1) is 12.8 Å². The molecule has 0 saturated heterocycles. The lowest BCUT2D eigenvalue weighted by Gasteiger charge is -2.04. The summed E-state index contributed by atoms with van der Waals surface area (Å²) in [6.07, 6.45) is 1.09. The lowest BCUT2D eigenvalue weighted by molar-refractivity contribution is 0.0605. The van der Waals surface area contributed by atoms with E-state index in [2.05, 4.69) is 28.9 Å². The SMILES string of the molecule is COC(=O)c1sc(NCCC(C)C)nc1C. The zero-order chi connectivity index (χ0) is 12.1. The van der Waals surface area contributed by atoms with Gasteiger partial charge in [0, 0.05) is 6.54 Å². The van der Waals surface area contributed by atoms with Gasteiger partial charge in [-0.2, -0.15) is 0 Å². The molecule has 0 aliphatic carbocycles. The molecule has 0 aliphatic rings. The van der Waals surface area contributed by atoms with Crippen molar-refractivity contribution in [2.24, 2.45) is 5.92 Å². The predicted octanol–water partition coefficient (Wildman–Crippen LogP) is 2.70. The van der Waals surface area contributed by atoms with Crippen LogP contribution in [0.4, 0.5) is 5.13 Å². The molecule has 0 aromatic carbocycles. The molecule has 4 nitrogen and oxygen atoms in total. The van der Waals surface area contributed by atoms with Crippen molar-refractivity contribution in [2.45, 2.75) is 27.2 Å². The summed E-state index contributed by atoms with van der Waals surface area (Å²) in [5.74, 6) is 0.348. The molecule has 0 spiro atoms. The number of rotatable bonds is 5. The fourth-order valence-corrected chi connectivity index (χ4v) is 2.13. The molecule has 90 valence electrons. The molecule has 0 bridgehead atoms. The van der Waals surface area contributed by atoms with Gasteiger partial charge in [-0.15, -0.1) is 0 Å². The molecule has 1 aromatic rings. The monoisotopic (exact) mass is 242 g/mol. The Morgan fingerprint density at radius 2 is 2.25 bits per heavy atom. The average molecular weight is 242 g/mol. The highest BCUT2D eigenvalue weighted by Gasteiger charge is 2.15. The highest BCUT2D eigenvalue weighted by molar-refractivity contribution is 7.17. The van der Waals surface area contributed by atoms with Gasteiger partial charge in [0.1, 0.15) is 4.88 Å². The first-order valence-corrected chi connectivity index (χ1v) is 6.15. The molecule has 1 aromatic heterocycles. The van der Waals surface area contributed by atoms with Gasteiger partial charge in [0.15, 0.2) is 5.13 Å². The molecule has 0 aliphatic heterocycles. The van der Waals surface area contributed by atoms with Crippen molar-refractivity contribution in [1.82, 2.24) is 4.98 Å². The summed E-state index contributed by atoms with van der Waals surface area (Å²) in [6.45, 7) is 7.05. The zero-order valence-electron chi connectivity index (χ0n) is 10.2. The number of aromatic nitrogens is 1. The molecule has 1 heterocycles. The van der Waals surface area contributed by atoms with Crippen molar-refractivity contribution >= 4 is 22.4 Å². The lowest BCUT2D eigenvalue weighted by atomic mass is 10.1. The molecule has 0 unspecified atom stereocenters. The number of nitrogens with zero attached hydrogens (tertiary/aromatic N) is 1. The van der Waals surface area contributed by atoms with E-state index < -0.39 is 0 Å². The Morgan fingerprint density at radius 1 is 1.56 bits per heavy atom. The van der Waals surface area contributed by atoms with Gasteiger partial charge in [-0.3, -0.25) is 0 Å². The second-order valence-electron chi connectivity index (χ2n) is 4.03. The van der Waals surface area contributed by atoms with Crippen LogP contribution in [-0.2, 0) is 4.74 Å². The first-order chi connectivity index (χ1) is 7.54. The summed E-state index contributed by atoms with van der Waals surface area (Å²) >= 11 is 1.35. The molecule has 5 heteroatoms. The average Bonchev–Trinajstić information content (AvgIpc) is 2.58. The number of hydrogen-bond acceptors (Lipinski definition) is 5. The number of carbonyl (C=O) groups excluding carboxylic acids is 1. The minimum atomic E-state index is -0.313. The van der Waals surface area contributed by atoms with E-state index in [1.165, 1.54) is 18.4 Å². The fraction of sp³-hybridized carbons (Fsp3) is 0.636. The first kappa shape index (κ1) is 13.0. The van der Waals surface area contributed by atoms with E-state index in [-0.39, 0.29) is 5.97 Å². The van der Waals surface area contributed by atoms with Crippen LogP contribution in [0, 0.1) is 12.8 Å². The summed E-state index contributed by atoms with van der Waals surface area (Å²) < 4.78 is 4.68. The van der Waals surface area contributed by atoms with Crippen LogP contribution in [0.5, 0.6) is 0 Å². The zero-order valence-corrected chi connectivity index (χ0v) is 11.0. The minimum absolute atomic E-state index is 0.313. The van der Waals surface area contributed by atoms with Crippen LogP contribution in [0.15, 0.2) is 0 Å². The van der Waals surface area contributed by atoms with E-state index in [9.17, 15) is 4.79 Å². The van der Waals surface area contributed by atoms with Crippen LogP contribution >= 0.6 is 11.3 Å². The van der Waals surface area contributed by atoms with Crippen molar-refractivity contribution in [3.63, 3.8) is 0 Å². The number of nitrogens with one attached hydrogen (secondary N) is 1. The Kier molecular flexibility index (Phi) is 4.73. The van der Waals surface area contributed by atoms with Crippen LogP contribution in [0.1, 0.15) is 35.6 Å². The predicted molar refractivity (Wildman–Crippen MR) is 66.1 cm³/mol. The Morgan fingerprint density at radius 3 is 2.81 bits per heavy atom. The van der Waals surface area contributed by atoms with E-state index in [1.807, 2.05) is 6.92 Å². The fourth-order valence-electron chi connectivity index (χ4n) is 1.22. The molecule has 0 saturated carbocycles. The number of methoxy groups -OCH3 is 1. The highest BCUT2D eigenvalue weighted by Crippen LogP contribution is 2.23. The van der Waals surface area contributed by atoms with Crippen molar-refractivity contribution < 1.29 is 9.53 Å². The van der Waals surface area contributed by atoms with E-state index in [0.29, 0.717) is 10.8 Å². The third-order valence-electron chi connectivity index (χ3n) is 2.17. The van der Waals surface area contributed by atoms with Gasteiger partial charge in [-0.25, -0.2) is 9.78 Å². The van der Waals surface area contributed by atoms with Crippen LogP contribution in [0.25, 0.3) is 0 Å². The lowest BCUT2D eigenvalue weighted by Crippen LogP contribution is -2.04. The maximum atomic E-state index is 11.4. The normalized spacial score (nSPS) is 10.6. The van der Waals surface area contributed by atoms with E-state index in [0.717, 1.165) is 23.8 Å². The highest BCUT2D eigenvalue weighted by atomic mass is 32.1. The maximum Gasteiger partial charge on any atom is 0.350 e. The number of hydrogen-bond donors (Lipinski definition) is 1. The summed E-state index contributed by atoms with van der Waals surface area (Å²) in [6, 6.07) is 0.